The zero-order valence-corrected chi connectivity index (χ0v) is 18.5. The fraction of sp³-hybridized carbons (Fsp3) is 0.296. The largest absolute Gasteiger partial charge is 0.352 e. The van der Waals surface area contributed by atoms with E-state index in [1.165, 1.54) is 19.3 Å². The standard InChI is InChI=1S/C27H29ClN2O/c28-23-18-16-22(17-19-23)26(27(31)29-24-12-6-2-7-13-24)30(25-14-8-3-9-15-25)20-21-10-4-1-5-11-21/h1,3-5,8-11,14-19,24,26H,2,6-7,12-13,20H2,(H,29,31)/t26-/m0/s1. The van der Waals surface area contributed by atoms with Gasteiger partial charge in [-0.15, -0.1) is 0 Å². The van der Waals surface area contributed by atoms with Gasteiger partial charge in [0.1, 0.15) is 6.04 Å². The third-order valence-electron chi connectivity index (χ3n) is 5.98. The molecule has 1 aliphatic carbocycles. The monoisotopic (exact) mass is 432 g/mol. The van der Waals surface area contributed by atoms with Crippen LogP contribution in [0.5, 0.6) is 0 Å². The highest BCUT2D eigenvalue weighted by Crippen LogP contribution is 2.31. The molecule has 3 aromatic rings. The second kappa shape index (κ2) is 10.5. The molecule has 1 saturated carbocycles. The van der Waals surface area contributed by atoms with E-state index < -0.39 is 6.04 Å². The molecule has 1 amide bonds. The van der Waals surface area contributed by atoms with E-state index in [4.69, 9.17) is 11.6 Å². The molecule has 1 N–H and O–H groups in total. The maximum Gasteiger partial charge on any atom is 0.247 e. The Kier molecular flexibility index (Phi) is 7.26. The fourth-order valence-corrected chi connectivity index (χ4v) is 4.50. The van der Waals surface area contributed by atoms with E-state index in [1.54, 1.807) is 0 Å². The van der Waals surface area contributed by atoms with Crippen LogP contribution < -0.4 is 10.2 Å². The van der Waals surface area contributed by atoms with Gasteiger partial charge in [-0.05, 0) is 48.2 Å². The molecule has 0 saturated heterocycles. The molecule has 3 nitrogen and oxygen atoms in total. The molecule has 1 aliphatic rings. The van der Waals surface area contributed by atoms with Crippen LogP contribution in [0.25, 0.3) is 0 Å². The van der Waals surface area contributed by atoms with Crippen LogP contribution in [-0.4, -0.2) is 11.9 Å². The van der Waals surface area contributed by atoms with Crippen molar-refractivity contribution in [3.63, 3.8) is 0 Å². The Morgan fingerprint density at radius 3 is 2.13 bits per heavy atom. The Balaban J connectivity index is 1.71. The molecule has 4 heteroatoms. The Morgan fingerprint density at radius 1 is 0.871 bits per heavy atom. The molecule has 0 aliphatic heterocycles. The maximum absolute atomic E-state index is 13.7. The van der Waals surface area contributed by atoms with Gasteiger partial charge in [0.15, 0.2) is 0 Å². The van der Waals surface area contributed by atoms with E-state index in [-0.39, 0.29) is 11.9 Å². The van der Waals surface area contributed by atoms with E-state index in [0.29, 0.717) is 11.6 Å². The highest BCUT2D eigenvalue weighted by molar-refractivity contribution is 6.30. The number of nitrogens with one attached hydrogen (secondary N) is 1. The van der Waals surface area contributed by atoms with E-state index in [2.05, 4.69) is 34.5 Å². The Hall–Kier alpha value is -2.78. The molecule has 0 bridgehead atoms. The molecule has 0 spiro atoms. The third kappa shape index (κ3) is 5.68. The van der Waals surface area contributed by atoms with Crippen molar-refractivity contribution in [1.82, 2.24) is 5.32 Å². The minimum atomic E-state index is -0.443. The number of carbonyl (C=O) groups excluding carboxylic acids is 1. The Morgan fingerprint density at radius 2 is 1.48 bits per heavy atom. The Bertz CT molecular complexity index is 954. The van der Waals surface area contributed by atoms with Crippen LogP contribution in [0.3, 0.4) is 0 Å². The summed E-state index contributed by atoms with van der Waals surface area (Å²) in [4.78, 5) is 15.9. The minimum absolute atomic E-state index is 0.0500. The summed E-state index contributed by atoms with van der Waals surface area (Å²) in [6.45, 7) is 0.635. The van der Waals surface area contributed by atoms with E-state index >= 15 is 0 Å². The van der Waals surface area contributed by atoms with Crippen LogP contribution in [0, 0.1) is 0 Å². The SMILES string of the molecule is O=C(NC1CCCCC1)[C@H](c1ccc(Cl)cc1)N(Cc1ccccc1)c1ccccc1. The number of nitrogens with zero attached hydrogens (tertiary/aromatic N) is 1. The molecular formula is C27H29ClN2O. The summed E-state index contributed by atoms with van der Waals surface area (Å²) in [5.41, 5.74) is 3.12. The number of rotatable bonds is 7. The lowest BCUT2D eigenvalue weighted by molar-refractivity contribution is -0.123. The van der Waals surface area contributed by atoms with Gasteiger partial charge in [-0.2, -0.15) is 0 Å². The van der Waals surface area contributed by atoms with Gasteiger partial charge in [-0.25, -0.2) is 0 Å². The Labute approximate surface area is 190 Å². The van der Waals surface area contributed by atoms with Gasteiger partial charge in [0.2, 0.25) is 5.91 Å². The van der Waals surface area contributed by atoms with Crippen molar-refractivity contribution in [2.24, 2.45) is 0 Å². The lowest BCUT2D eigenvalue weighted by Crippen LogP contribution is -2.45. The quantitative estimate of drug-likeness (QED) is 0.459. The van der Waals surface area contributed by atoms with Gasteiger partial charge >= 0.3 is 0 Å². The molecule has 0 heterocycles. The molecular weight excluding hydrogens is 404 g/mol. The van der Waals surface area contributed by atoms with Crippen LogP contribution in [0.4, 0.5) is 5.69 Å². The minimum Gasteiger partial charge on any atom is -0.352 e. The lowest BCUT2D eigenvalue weighted by Gasteiger charge is -2.35. The number of hydrogen-bond donors (Lipinski definition) is 1. The van der Waals surface area contributed by atoms with Gasteiger partial charge in [0, 0.05) is 23.3 Å². The topological polar surface area (TPSA) is 32.3 Å². The maximum atomic E-state index is 13.7. The number of halogens is 1. The third-order valence-corrected chi connectivity index (χ3v) is 6.23. The summed E-state index contributed by atoms with van der Waals surface area (Å²) in [5.74, 6) is 0.0500. The molecule has 3 aromatic carbocycles. The van der Waals surface area contributed by atoms with Crippen molar-refractivity contribution < 1.29 is 4.79 Å². The van der Waals surface area contributed by atoms with Crippen molar-refractivity contribution in [3.8, 4) is 0 Å². The predicted octanol–water partition coefficient (Wildman–Crippen LogP) is 6.54. The van der Waals surface area contributed by atoms with Crippen molar-refractivity contribution in [2.75, 3.05) is 4.90 Å². The first-order chi connectivity index (χ1) is 15.2. The summed E-state index contributed by atoms with van der Waals surface area (Å²) in [7, 11) is 0. The van der Waals surface area contributed by atoms with Crippen molar-refractivity contribution in [3.05, 3.63) is 101 Å². The first-order valence-electron chi connectivity index (χ1n) is 11.1. The zero-order valence-electron chi connectivity index (χ0n) is 17.7. The van der Waals surface area contributed by atoms with Crippen LogP contribution >= 0.6 is 11.6 Å². The fourth-order valence-electron chi connectivity index (χ4n) is 4.38. The van der Waals surface area contributed by atoms with Gasteiger partial charge in [-0.3, -0.25) is 4.79 Å². The van der Waals surface area contributed by atoms with E-state index in [9.17, 15) is 4.79 Å². The van der Waals surface area contributed by atoms with E-state index in [1.807, 2.05) is 60.7 Å². The molecule has 160 valence electrons. The number of benzene rings is 3. The molecule has 31 heavy (non-hydrogen) atoms. The van der Waals surface area contributed by atoms with Crippen LogP contribution in [0.2, 0.25) is 5.02 Å². The second-order valence-corrected chi connectivity index (χ2v) is 8.68. The van der Waals surface area contributed by atoms with Crippen LogP contribution in [0.1, 0.15) is 49.3 Å². The summed E-state index contributed by atoms with van der Waals surface area (Å²) in [5, 5.41) is 4.03. The van der Waals surface area contributed by atoms with Crippen molar-refractivity contribution in [1.29, 1.82) is 0 Å². The number of anilines is 1. The average molecular weight is 433 g/mol. The van der Waals surface area contributed by atoms with Crippen LogP contribution in [-0.2, 0) is 11.3 Å². The molecule has 1 fully saturated rings. The summed E-state index contributed by atoms with van der Waals surface area (Å²) in [6, 6.07) is 28.0. The summed E-state index contributed by atoms with van der Waals surface area (Å²) >= 11 is 6.16. The van der Waals surface area contributed by atoms with Gasteiger partial charge in [-0.1, -0.05) is 91.5 Å². The molecule has 1 atom stereocenters. The number of carbonyl (C=O) groups is 1. The first kappa shape index (κ1) is 21.5. The number of hydrogen-bond acceptors (Lipinski definition) is 2. The normalized spacial score (nSPS) is 15.3. The molecule has 0 unspecified atom stereocenters. The van der Waals surface area contributed by atoms with Gasteiger partial charge in [0.05, 0.1) is 0 Å². The number of para-hydroxylation sites is 1. The smallest absolute Gasteiger partial charge is 0.247 e. The first-order valence-corrected chi connectivity index (χ1v) is 11.5. The highest BCUT2D eigenvalue weighted by atomic mass is 35.5. The molecule has 0 aromatic heterocycles. The molecule has 4 rings (SSSR count). The summed E-state index contributed by atoms with van der Waals surface area (Å²) in [6.07, 6.45) is 5.75. The van der Waals surface area contributed by atoms with Gasteiger partial charge < -0.3 is 10.2 Å². The summed E-state index contributed by atoms with van der Waals surface area (Å²) < 4.78 is 0. The van der Waals surface area contributed by atoms with E-state index in [0.717, 1.165) is 29.7 Å². The van der Waals surface area contributed by atoms with Gasteiger partial charge in [0.25, 0.3) is 0 Å². The van der Waals surface area contributed by atoms with Crippen LogP contribution in [0.15, 0.2) is 84.9 Å². The predicted molar refractivity (Wildman–Crippen MR) is 128 cm³/mol. The average Bonchev–Trinajstić information content (AvgIpc) is 2.82. The van der Waals surface area contributed by atoms with Crippen molar-refractivity contribution >= 4 is 23.2 Å². The zero-order chi connectivity index (χ0) is 21.5. The number of amides is 1. The van der Waals surface area contributed by atoms with Crippen molar-refractivity contribution in [2.45, 2.75) is 50.7 Å². The second-order valence-electron chi connectivity index (χ2n) is 8.25. The molecule has 0 radical (unpaired) electrons. The highest BCUT2D eigenvalue weighted by Gasteiger charge is 2.30. The lowest BCUT2D eigenvalue weighted by atomic mass is 9.94.